The van der Waals surface area contributed by atoms with E-state index in [0.29, 0.717) is 13.1 Å². The second-order valence-electron chi connectivity index (χ2n) is 4.76. The van der Waals surface area contributed by atoms with Gasteiger partial charge < -0.3 is 9.84 Å². The number of carbonyl (C=O) groups is 2. The molecule has 0 aromatic heterocycles. The van der Waals surface area contributed by atoms with Gasteiger partial charge in [-0.05, 0) is 19.2 Å². The van der Waals surface area contributed by atoms with Gasteiger partial charge >= 0.3 is 0 Å². The van der Waals surface area contributed by atoms with E-state index in [2.05, 4.69) is 0 Å². The Balaban J connectivity index is 2.15. The van der Waals surface area contributed by atoms with Crippen LogP contribution in [0.15, 0.2) is 18.2 Å². The largest absolute Gasteiger partial charge is 0.507 e. The summed E-state index contributed by atoms with van der Waals surface area (Å²) >= 11 is 0. The molecule has 5 nitrogen and oxygen atoms in total. The number of phenols is 1. The monoisotopic (exact) mass is 261 g/mol. The summed E-state index contributed by atoms with van der Waals surface area (Å²) in [6, 6.07) is 4.55. The Labute approximate surface area is 110 Å². The van der Waals surface area contributed by atoms with Crippen molar-refractivity contribution in [2.75, 3.05) is 13.1 Å². The molecule has 0 saturated carbocycles. The van der Waals surface area contributed by atoms with E-state index in [-0.39, 0.29) is 28.4 Å². The molecule has 1 aliphatic carbocycles. The molecule has 1 saturated heterocycles. The number of phenolic OH excluding ortho intramolecular Hbond substituents is 1. The molecule has 1 N–H and O–H groups in total. The Morgan fingerprint density at radius 1 is 1.32 bits per heavy atom. The molecular weight excluding hydrogens is 246 g/mol. The molecule has 0 radical (unpaired) electrons. The SMILES string of the molecule is CCN(CC)C12OC1C(=O)c1c(O)cccc1C2=O. The number of nitrogens with zero attached hydrogens (tertiary/aromatic N) is 1. The molecular formula is C14H15NO4. The molecule has 1 fully saturated rings. The zero-order valence-electron chi connectivity index (χ0n) is 10.8. The Morgan fingerprint density at radius 3 is 2.63 bits per heavy atom. The van der Waals surface area contributed by atoms with Crippen molar-refractivity contribution in [3.05, 3.63) is 29.3 Å². The molecule has 2 aliphatic rings. The summed E-state index contributed by atoms with van der Waals surface area (Å²) in [4.78, 5) is 26.8. The lowest BCUT2D eigenvalue weighted by molar-refractivity contribution is 0.0537. The Morgan fingerprint density at radius 2 is 2.00 bits per heavy atom. The van der Waals surface area contributed by atoms with Gasteiger partial charge in [-0.15, -0.1) is 0 Å². The number of epoxide rings is 1. The van der Waals surface area contributed by atoms with Crippen LogP contribution in [-0.4, -0.2) is 46.5 Å². The first-order valence-corrected chi connectivity index (χ1v) is 6.41. The molecule has 2 atom stereocenters. The van der Waals surface area contributed by atoms with Crippen molar-refractivity contribution < 1.29 is 19.4 Å². The fourth-order valence-electron chi connectivity index (χ4n) is 2.94. The van der Waals surface area contributed by atoms with E-state index in [1.807, 2.05) is 18.7 Å². The summed E-state index contributed by atoms with van der Waals surface area (Å²) < 4.78 is 5.49. The second-order valence-corrected chi connectivity index (χ2v) is 4.76. The average molecular weight is 261 g/mol. The van der Waals surface area contributed by atoms with Crippen LogP contribution in [0.1, 0.15) is 34.6 Å². The zero-order valence-corrected chi connectivity index (χ0v) is 10.8. The fourth-order valence-corrected chi connectivity index (χ4v) is 2.94. The number of Topliss-reactive ketones (excluding diaryl/α,β-unsaturated/α-hetero) is 2. The maximum atomic E-state index is 12.6. The highest BCUT2D eigenvalue weighted by molar-refractivity contribution is 6.23. The van der Waals surface area contributed by atoms with Crippen molar-refractivity contribution in [2.24, 2.45) is 0 Å². The first-order valence-electron chi connectivity index (χ1n) is 6.41. The van der Waals surface area contributed by atoms with E-state index in [4.69, 9.17) is 4.74 Å². The summed E-state index contributed by atoms with van der Waals surface area (Å²) in [5.74, 6) is -0.689. The third-order valence-corrected chi connectivity index (χ3v) is 3.93. The minimum Gasteiger partial charge on any atom is -0.507 e. The van der Waals surface area contributed by atoms with Crippen molar-refractivity contribution in [3.8, 4) is 5.75 Å². The van der Waals surface area contributed by atoms with Gasteiger partial charge in [0.15, 0.2) is 6.10 Å². The summed E-state index contributed by atoms with van der Waals surface area (Å²) in [6.07, 6.45) is -0.777. The number of aromatic hydroxyl groups is 1. The maximum Gasteiger partial charge on any atom is 0.221 e. The van der Waals surface area contributed by atoms with Crippen LogP contribution >= 0.6 is 0 Å². The van der Waals surface area contributed by atoms with Crippen molar-refractivity contribution in [2.45, 2.75) is 25.7 Å². The Kier molecular flexibility index (Phi) is 2.52. The summed E-state index contributed by atoms with van der Waals surface area (Å²) in [6.45, 7) is 5.10. The van der Waals surface area contributed by atoms with Gasteiger partial charge in [0.1, 0.15) is 5.75 Å². The van der Waals surface area contributed by atoms with Gasteiger partial charge in [-0.25, -0.2) is 0 Å². The number of rotatable bonds is 3. The van der Waals surface area contributed by atoms with Crippen molar-refractivity contribution in [3.63, 3.8) is 0 Å². The van der Waals surface area contributed by atoms with Crippen LogP contribution in [0.4, 0.5) is 0 Å². The highest BCUT2D eigenvalue weighted by atomic mass is 16.6. The molecule has 1 heterocycles. The van der Waals surface area contributed by atoms with Gasteiger partial charge in [0, 0.05) is 5.56 Å². The van der Waals surface area contributed by atoms with Gasteiger partial charge in [0.25, 0.3) is 0 Å². The van der Waals surface area contributed by atoms with Crippen LogP contribution in [0, 0.1) is 0 Å². The third kappa shape index (κ3) is 1.37. The average Bonchev–Trinajstić information content (AvgIpc) is 3.14. The lowest BCUT2D eigenvalue weighted by atomic mass is 9.84. The van der Waals surface area contributed by atoms with Crippen LogP contribution < -0.4 is 0 Å². The van der Waals surface area contributed by atoms with E-state index in [1.165, 1.54) is 6.07 Å². The van der Waals surface area contributed by atoms with E-state index >= 15 is 0 Å². The normalized spacial score (nSPS) is 28.3. The van der Waals surface area contributed by atoms with E-state index < -0.39 is 11.8 Å². The van der Waals surface area contributed by atoms with Crippen LogP contribution in [0.5, 0.6) is 5.75 Å². The van der Waals surface area contributed by atoms with Gasteiger partial charge in [-0.1, -0.05) is 26.0 Å². The molecule has 1 aromatic rings. The molecule has 100 valence electrons. The lowest BCUT2D eigenvalue weighted by Gasteiger charge is -2.28. The molecule has 0 spiro atoms. The molecule has 1 aliphatic heterocycles. The van der Waals surface area contributed by atoms with Crippen LogP contribution in [0.2, 0.25) is 0 Å². The van der Waals surface area contributed by atoms with E-state index in [0.717, 1.165) is 0 Å². The summed E-state index contributed by atoms with van der Waals surface area (Å²) in [5, 5.41) is 9.78. The number of ketones is 2. The predicted octanol–water partition coefficient (Wildman–Crippen LogP) is 1.21. The summed E-state index contributed by atoms with van der Waals surface area (Å²) in [5.41, 5.74) is -0.787. The number of fused-ring (bicyclic) bond motifs is 2. The Hall–Kier alpha value is -1.72. The highest BCUT2D eigenvalue weighted by Crippen LogP contribution is 2.49. The smallest absolute Gasteiger partial charge is 0.221 e. The number of carbonyl (C=O) groups excluding carboxylic acids is 2. The molecule has 0 bridgehead atoms. The maximum absolute atomic E-state index is 12.6. The first kappa shape index (κ1) is 12.3. The molecule has 2 unspecified atom stereocenters. The van der Waals surface area contributed by atoms with Crippen LogP contribution in [0.3, 0.4) is 0 Å². The molecule has 5 heteroatoms. The lowest BCUT2D eigenvalue weighted by Crippen LogP contribution is -2.50. The number of benzene rings is 1. The number of ether oxygens (including phenoxy) is 1. The van der Waals surface area contributed by atoms with Gasteiger partial charge in [0.2, 0.25) is 17.3 Å². The molecule has 1 aromatic carbocycles. The standard InChI is InChI=1S/C14H15NO4/c1-3-15(4-2)14-12(18)8-6-5-7-9(16)10(8)11(17)13(14)19-14/h5-7,13,16H,3-4H2,1-2H3. The molecule has 19 heavy (non-hydrogen) atoms. The quantitative estimate of drug-likeness (QED) is 0.828. The van der Waals surface area contributed by atoms with Crippen molar-refractivity contribution >= 4 is 11.6 Å². The third-order valence-electron chi connectivity index (χ3n) is 3.93. The molecule has 3 rings (SSSR count). The fraction of sp³-hybridized carbons (Fsp3) is 0.429. The number of likely N-dealkylation sites (N-methyl/N-ethyl adjacent to an activating group) is 1. The minimum atomic E-state index is -1.14. The van der Waals surface area contributed by atoms with Crippen molar-refractivity contribution in [1.29, 1.82) is 0 Å². The van der Waals surface area contributed by atoms with Gasteiger partial charge in [0.05, 0.1) is 5.56 Å². The zero-order chi connectivity index (χ0) is 13.8. The second kappa shape index (κ2) is 3.88. The first-order chi connectivity index (χ1) is 9.07. The van der Waals surface area contributed by atoms with E-state index in [1.54, 1.807) is 12.1 Å². The number of hydrogen-bond acceptors (Lipinski definition) is 5. The minimum absolute atomic E-state index is 0.0952. The van der Waals surface area contributed by atoms with Crippen LogP contribution in [-0.2, 0) is 4.74 Å². The van der Waals surface area contributed by atoms with E-state index in [9.17, 15) is 14.7 Å². The Bertz CT molecular complexity index is 579. The van der Waals surface area contributed by atoms with Crippen molar-refractivity contribution in [1.82, 2.24) is 4.90 Å². The topological polar surface area (TPSA) is 70.1 Å². The number of hydrogen-bond donors (Lipinski definition) is 1. The van der Waals surface area contributed by atoms with Crippen LogP contribution in [0.25, 0.3) is 0 Å². The van der Waals surface area contributed by atoms with Gasteiger partial charge in [-0.3, -0.25) is 14.5 Å². The molecule has 0 amide bonds. The van der Waals surface area contributed by atoms with Gasteiger partial charge in [-0.2, -0.15) is 0 Å². The highest BCUT2D eigenvalue weighted by Gasteiger charge is 2.72. The summed E-state index contributed by atoms with van der Waals surface area (Å²) in [7, 11) is 0. The predicted molar refractivity (Wildman–Crippen MR) is 67.3 cm³/mol.